The van der Waals surface area contributed by atoms with Gasteiger partial charge >= 0.3 is 5.97 Å². The van der Waals surface area contributed by atoms with Crippen LogP contribution in [0.1, 0.15) is 15.2 Å². The first-order valence-electron chi connectivity index (χ1n) is 6.73. The van der Waals surface area contributed by atoms with Crippen LogP contribution in [0, 0.1) is 5.82 Å². The number of carboxylic acid groups (broad SMARTS) is 1. The second kappa shape index (κ2) is 6.11. The van der Waals surface area contributed by atoms with Crippen molar-refractivity contribution in [3.05, 3.63) is 64.9 Å². The van der Waals surface area contributed by atoms with E-state index in [4.69, 9.17) is 5.11 Å². The van der Waals surface area contributed by atoms with E-state index < -0.39 is 5.97 Å². The van der Waals surface area contributed by atoms with E-state index in [1.165, 1.54) is 23.5 Å². The third-order valence-electron chi connectivity index (χ3n) is 3.25. The van der Waals surface area contributed by atoms with Gasteiger partial charge in [0.2, 0.25) is 0 Å². The van der Waals surface area contributed by atoms with Gasteiger partial charge < -0.3 is 5.11 Å². The van der Waals surface area contributed by atoms with Crippen LogP contribution in [-0.2, 0) is 13.0 Å². The monoisotopic (exact) mass is 316 g/mol. The Kier molecular flexibility index (Phi) is 4.02. The molecule has 0 atom stereocenters. The molecule has 1 N–H and O–H groups in total. The zero-order valence-electron chi connectivity index (χ0n) is 11.6. The van der Waals surface area contributed by atoms with E-state index in [0.717, 1.165) is 22.6 Å². The van der Waals surface area contributed by atoms with E-state index in [1.807, 2.05) is 12.3 Å². The smallest absolute Gasteiger partial charge is 0.345 e. The van der Waals surface area contributed by atoms with Crippen LogP contribution in [0.5, 0.6) is 0 Å². The van der Waals surface area contributed by atoms with Gasteiger partial charge in [-0.1, -0.05) is 12.1 Å². The van der Waals surface area contributed by atoms with Crippen LogP contribution < -0.4 is 0 Å². The van der Waals surface area contributed by atoms with E-state index >= 15 is 0 Å². The Labute approximate surface area is 130 Å². The lowest BCUT2D eigenvalue weighted by atomic mass is 10.1. The molecule has 2 aromatic heterocycles. The summed E-state index contributed by atoms with van der Waals surface area (Å²) in [4.78, 5) is 12.0. The molecule has 6 heteroatoms. The Hall–Kier alpha value is -2.47. The highest BCUT2D eigenvalue weighted by atomic mass is 32.1. The van der Waals surface area contributed by atoms with Crippen LogP contribution in [0.3, 0.4) is 0 Å². The average molecular weight is 316 g/mol. The van der Waals surface area contributed by atoms with Crippen molar-refractivity contribution in [1.82, 2.24) is 9.78 Å². The second-order valence-corrected chi connectivity index (χ2v) is 5.89. The minimum atomic E-state index is -0.924. The molecular weight excluding hydrogens is 303 g/mol. The van der Waals surface area contributed by atoms with Crippen molar-refractivity contribution < 1.29 is 14.3 Å². The fourth-order valence-corrected chi connectivity index (χ4v) is 2.91. The summed E-state index contributed by atoms with van der Waals surface area (Å²) in [7, 11) is 0. The molecule has 0 spiro atoms. The Morgan fingerprint density at radius 3 is 2.64 bits per heavy atom. The summed E-state index contributed by atoms with van der Waals surface area (Å²) in [6, 6.07) is 11.6. The first kappa shape index (κ1) is 14.5. The number of benzene rings is 1. The molecule has 2 heterocycles. The molecule has 22 heavy (non-hydrogen) atoms. The first-order chi connectivity index (χ1) is 10.6. The van der Waals surface area contributed by atoms with E-state index in [-0.39, 0.29) is 5.82 Å². The normalized spacial score (nSPS) is 10.8. The summed E-state index contributed by atoms with van der Waals surface area (Å²) in [5.41, 5.74) is 1.80. The lowest BCUT2D eigenvalue weighted by Gasteiger charge is -2.02. The van der Waals surface area contributed by atoms with Crippen molar-refractivity contribution >= 4 is 17.3 Å². The Morgan fingerprint density at radius 2 is 1.95 bits per heavy atom. The summed E-state index contributed by atoms with van der Waals surface area (Å²) in [6.45, 7) is 0.683. The van der Waals surface area contributed by atoms with Crippen molar-refractivity contribution in [2.45, 2.75) is 13.0 Å². The molecule has 3 aromatic rings. The number of aromatic nitrogens is 2. The predicted octanol–water partition coefficient (Wildman–Crippen LogP) is 3.69. The van der Waals surface area contributed by atoms with Crippen LogP contribution in [0.15, 0.2) is 48.7 Å². The van der Waals surface area contributed by atoms with Gasteiger partial charge in [0, 0.05) is 12.7 Å². The van der Waals surface area contributed by atoms with Crippen molar-refractivity contribution in [1.29, 1.82) is 0 Å². The highest BCUT2D eigenvalue weighted by Gasteiger charge is 2.10. The number of hydrogen-bond acceptors (Lipinski definition) is 3. The van der Waals surface area contributed by atoms with Gasteiger partial charge in [-0.05, 0) is 42.3 Å². The van der Waals surface area contributed by atoms with Crippen molar-refractivity contribution in [3.63, 3.8) is 0 Å². The van der Waals surface area contributed by atoms with Crippen molar-refractivity contribution in [3.8, 4) is 10.6 Å². The fraction of sp³-hybridized carbons (Fsp3) is 0.125. The second-order valence-electron chi connectivity index (χ2n) is 4.81. The number of halogens is 1. The summed E-state index contributed by atoms with van der Waals surface area (Å²) in [5.74, 6) is -1.16. The van der Waals surface area contributed by atoms with E-state index in [1.54, 1.807) is 28.9 Å². The molecule has 0 aliphatic rings. The fourth-order valence-electron chi connectivity index (χ4n) is 2.10. The summed E-state index contributed by atoms with van der Waals surface area (Å²) >= 11 is 1.21. The van der Waals surface area contributed by atoms with Crippen LogP contribution in [0.4, 0.5) is 4.39 Å². The zero-order valence-corrected chi connectivity index (χ0v) is 12.4. The SMILES string of the molecule is O=C(O)c1ccc(-c2ccn(CCc3ccc(F)cc3)n2)s1. The van der Waals surface area contributed by atoms with Crippen LogP contribution >= 0.6 is 11.3 Å². The minimum Gasteiger partial charge on any atom is -0.477 e. The Bertz CT molecular complexity index is 793. The molecule has 0 bridgehead atoms. The number of aryl methyl sites for hydroxylation is 2. The average Bonchev–Trinajstić information content (AvgIpc) is 3.15. The molecule has 0 amide bonds. The number of thiophene rings is 1. The number of hydrogen-bond donors (Lipinski definition) is 1. The molecule has 0 saturated carbocycles. The van der Waals surface area contributed by atoms with Crippen molar-refractivity contribution in [2.75, 3.05) is 0 Å². The standard InChI is InChI=1S/C16H13FN2O2S/c17-12-3-1-11(2-4-12)7-9-19-10-8-13(18-19)14-5-6-15(22-14)16(20)21/h1-6,8,10H,7,9H2,(H,20,21). The first-order valence-corrected chi connectivity index (χ1v) is 7.55. The maximum absolute atomic E-state index is 12.8. The van der Waals surface area contributed by atoms with Gasteiger partial charge in [-0.15, -0.1) is 11.3 Å². The minimum absolute atomic E-state index is 0.239. The molecule has 3 rings (SSSR count). The van der Waals surface area contributed by atoms with Gasteiger partial charge in [-0.3, -0.25) is 4.68 Å². The lowest BCUT2D eigenvalue weighted by Crippen LogP contribution is -2.02. The van der Waals surface area contributed by atoms with Crippen LogP contribution in [-0.4, -0.2) is 20.9 Å². The molecule has 0 aliphatic carbocycles. The number of rotatable bonds is 5. The summed E-state index contributed by atoms with van der Waals surface area (Å²) in [6.07, 6.45) is 2.62. The number of carboxylic acids is 1. The van der Waals surface area contributed by atoms with Gasteiger partial charge in [-0.2, -0.15) is 5.10 Å². The molecule has 1 aromatic carbocycles. The van der Waals surface area contributed by atoms with Crippen molar-refractivity contribution in [2.24, 2.45) is 0 Å². The molecule has 0 fully saturated rings. The van der Waals surface area contributed by atoms with Crippen LogP contribution in [0.2, 0.25) is 0 Å². The third-order valence-corrected chi connectivity index (χ3v) is 4.35. The maximum Gasteiger partial charge on any atom is 0.345 e. The van der Waals surface area contributed by atoms with Crippen LogP contribution in [0.25, 0.3) is 10.6 Å². The van der Waals surface area contributed by atoms with E-state index in [9.17, 15) is 9.18 Å². The largest absolute Gasteiger partial charge is 0.477 e. The molecule has 0 aliphatic heterocycles. The lowest BCUT2D eigenvalue weighted by molar-refractivity contribution is 0.0702. The summed E-state index contributed by atoms with van der Waals surface area (Å²) < 4.78 is 14.6. The summed E-state index contributed by atoms with van der Waals surface area (Å²) in [5, 5.41) is 13.4. The van der Waals surface area contributed by atoms with Gasteiger partial charge in [-0.25, -0.2) is 9.18 Å². The number of aromatic carboxylic acids is 1. The Morgan fingerprint density at radius 1 is 1.18 bits per heavy atom. The van der Waals surface area contributed by atoms with Gasteiger partial charge in [0.05, 0.1) is 4.88 Å². The van der Waals surface area contributed by atoms with Gasteiger partial charge in [0.1, 0.15) is 16.4 Å². The molecule has 0 unspecified atom stereocenters. The highest BCUT2D eigenvalue weighted by Crippen LogP contribution is 2.26. The molecule has 4 nitrogen and oxygen atoms in total. The predicted molar refractivity (Wildman–Crippen MR) is 82.6 cm³/mol. The Balaban J connectivity index is 1.68. The van der Waals surface area contributed by atoms with E-state index in [0.29, 0.717) is 11.4 Å². The van der Waals surface area contributed by atoms with Gasteiger partial charge in [0.25, 0.3) is 0 Å². The third kappa shape index (κ3) is 3.23. The topological polar surface area (TPSA) is 55.1 Å². The number of carbonyl (C=O) groups is 1. The highest BCUT2D eigenvalue weighted by molar-refractivity contribution is 7.17. The molecule has 112 valence electrons. The molecular formula is C16H13FN2O2S. The zero-order chi connectivity index (χ0) is 15.5. The number of nitrogens with zero attached hydrogens (tertiary/aromatic N) is 2. The maximum atomic E-state index is 12.8. The van der Waals surface area contributed by atoms with Gasteiger partial charge in [0.15, 0.2) is 0 Å². The molecule has 0 radical (unpaired) electrons. The van der Waals surface area contributed by atoms with E-state index in [2.05, 4.69) is 5.10 Å². The molecule has 0 saturated heterocycles. The quantitative estimate of drug-likeness (QED) is 0.781.